The van der Waals surface area contributed by atoms with Crippen LogP contribution in [0.1, 0.15) is 5.56 Å². The van der Waals surface area contributed by atoms with Crippen molar-refractivity contribution < 1.29 is 20.1 Å². The van der Waals surface area contributed by atoms with Gasteiger partial charge in [0.25, 0.3) is 0 Å². The average molecular weight is 180 g/mol. The number of carbonyl (C=O) groups is 1. The highest BCUT2D eigenvalue weighted by Crippen LogP contribution is 2.22. The summed E-state index contributed by atoms with van der Waals surface area (Å²) in [7, 11) is 0. The molecule has 1 aromatic carbocycles. The van der Waals surface area contributed by atoms with Crippen LogP contribution in [0.15, 0.2) is 24.3 Å². The Labute approximate surface area is 74.4 Å². The van der Waals surface area contributed by atoms with Crippen molar-refractivity contribution in [3.8, 4) is 11.5 Å². The molecule has 3 N–H and O–H groups in total. The second-order valence-corrected chi connectivity index (χ2v) is 2.41. The third kappa shape index (κ3) is 2.52. The number of phenols is 2. The Morgan fingerprint density at radius 1 is 1.31 bits per heavy atom. The molecule has 0 atom stereocenters. The van der Waals surface area contributed by atoms with Gasteiger partial charge in [0.15, 0.2) is 0 Å². The van der Waals surface area contributed by atoms with E-state index in [-0.39, 0.29) is 17.1 Å². The van der Waals surface area contributed by atoms with Crippen LogP contribution in [0.2, 0.25) is 0 Å². The molecule has 0 saturated carbocycles. The Morgan fingerprint density at radius 2 is 2.00 bits per heavy atom. The molecule has 0 heterocycles. The first-order valence-electron chi connectivity index (χ1n) is 3.52. The molecular formula is C9H8O4. The maximum Gasteiger partial charge on any atom is 0.328 e. The predicted molar refractivity (Wildman–Crippen MR) is 46.4 cm³/mol. The number of phenolic OH excluding ortho intramolecular Hbond substituents is 2. The van der Waals surface area contributed by atoms with Gasteiger partial charge in [-0.3, -0.25) is 0 Å². The largest absolute Gasteiger partial charge is 0.508 e. The Balaban J connectivity index is 3.00. The normalized spacial score (nSPS) is 10.5. The van der Waals surface area contributed by atoms with E-state index in [1.807, 2.05) is 0 Å². The molecule has 13 heavy (non-hydrogen) atoms. The molecule has 0 aromatic heterocycles. The van der Waals surface area contributed by atoms with E-state index in [0.717, 1.165) is 6.08 Å². The van der Waals surface area contributed by atoms with Gasteiger partial charge in [-0.05, 0) is 24.3 Å². The molecule has 68 valence electrons. The monoisotopic (exact) mass is 180 g/mol. The molecule has 0 aliphatic rings. The lowest BCUT2D eigenvalue weighted by atomic mass is 10.2. The second kappa shape index (κ2) is 3.62. The molecule has 0 fully saturated rings. The van der Waals surface area contributed by atoms with Gasteiger partial charge < -0.3 is 15.3 Å². The maximum absolute atomic E-state index is 10.1. The van der Waals surface area contributed by atoms with E-state index in [1.165, 1.54) is 24.3 Å². The smallest absolute Gasteiger partial charge is 0.328 e. The van der Waals surface area contributed by atoms with Gasteiger partial charge in [-0.25, -0.2) is 4.79 Å². The lowest BCUT2D eigenvalue weighted by Gasteiger charge is -1.98. The van der Waals surface area contributed by atoms with Gasteiger partial charge in [-0.1, -0.05) is 0 Å². The van der Waals surface area contributed by atoms with E-state index in [0.29, 0.717) is 0 Å². The minimum absolute atomic E-state index is 0.0251. The summed E-state index contributed by atoms with van der Waals surface area (Å²) in [5.74, 6) is -1.21. The molecule has 0 spiro atoms. The van der Waals surface area contributed by atoms with Crippen LogP contribution < -0.4 is 0 Å². The Hall–Kier alpha value is -1.97. The number of aliphatic carboxylic acids is 1. The first-order chi connectivity index (χ1) is 6.09. The molecule has 1 rings (SSSR count). The molecule has 0 amide bonds. The molecular weight excluding hydrogens is 172 g/mol. The van der Waals surface area contributed by atoms with Crippen LogP contribution >= 0.6 is 0 Å². The number of hydrogen-bond acceptors (Lipinski definition) is 3. The van der Waals surface area contributed by atoms with Crippen molar-refractivity contribution in [2.45, 2.75) is 0 Å². The summed E-state index contributed by atoms with van der Waals surface area (Å²) in [5.41, 5.74) is 0.266. The summed E-state index contributed by atoms with van der Waals surface area (Å²) in [6.07, 6.45) is 2.09. The zero-order valence-corrected chi connectivity index (χ0v) is 6.64. The predicted octanol–water partition coefficient (Wildman–Crippen LogP) is 1.20. The maximum atomic E-state index is 10.1. The number of rotatable bonds is 2. The molecule has 0 unspecified atom stereocenters. The van der Waals surface area contributed by atoms with E-state index < -0.39 is 5.97 Å². The zero-order valence-electron chi connectivity index (χ0n) is 6.64. The van der Waals surface area contributed by atoms with Gasteiger partial charge in [-0.15, -0.1) is 0 Å². The van der Waals surface area contributed by atoms with Crippen molar-refractivity contribution in [3.63, 3.8) is 0 Å². The Kier molecular flexibility index (Phi) is 2.54. The van der Waals surface area contributed by atoms with Crippen molar-refractivity contribution >= 4 is 12.0 Å². The van der Waals surface area contributed by atoms with Crippen molar-refractivity contribution in [2.75, 3.05) is 0 Å². The Morgan fingerprint density at radius 3 is 2.62 bits per heavy atom. The molecule has 0 radical (unpaired) electrons. The van der Waals surface area contributed by atoms with Crippen LogP contribution in [0.3, 0.4) is 0 Å². The quantitative estimate of drug-likeness (QED) is 0.472. The average Bonchev–Trinajstić information content (AvgIpc) is 2.06. The van der Waals surface area contributed by atoms with Gasteiger partial charge in [0.2, 0.25) is 0 Å². The molecule has 1 aromatic rings. The van der Waals surface area contributed by atoms with Gasteiger partial charge in [-0.2, -0.15) is 0 Å². The number of aromatic hydroxyl groups is 2. The van der Waals surface area contributed by atoms with Crippen molar-refractivity contribution in [1.82, 2.24) is 0 Å². The second-order valence-electron chi connectivity index (χ2n) is 2.41. The fourth-order valence-corrected chi connectivity index (χ4v) is 0.836. The summed E-state index contributed by atoms with van der Waals surface area (Å²) in [6.45, 7) is 0. The molecule has 0 aliphatic heterocycles. The highest BCUT2D eigenvalue weighted by atomic mass is 16.4. The van der Waals surface area contributed by atoms with Crippen molar-refractivity contribution in [3.05, 3.63) is 29.8 Å². The van der Waals surface area contributed by atoms with Gasteiger partial charge >= 0.3 is 5.97 Å². The summed E-state index contributed by atoms with van der Waals surface area (Å²) in [4.78, 5) is 10.1. The van der Waals surface area contributed by atoms with E-state index in [2.05, 4.69) is 0 Å². The van der Waals surface area contributed by atoms with Gasteiger partial charge in [0.1, 0.15) is 11.5 Å². The third-order valence-electron chi connectivity index (χ3n) is 1.42. The number of carboxylic acids is 1. The van der Waals surface area contributed by atoms with Crippen LogP contribution in [-0.2, 0) is 4.79 Å². The number of carboxylic acid groups (broad SMARTS) is 1. The highest BCUT2D eigenvalue weighted by Gasteiger charge is 1.98. The third-order valence-corrected chi connectivity index (χ3v) is 1.42. The molecule has 4 nitrogen and oxygen atoms in total. The number of benzene rings is 1. The minimum Gasteiger partial charge on any atom is -0.508 e. The molecule has 4 heteroatoms. The van der Waals surface area contributed by atoms with Crippen LogP contribution in [0.4, 0.5) is 0 Å². The summed E-state index contributed by atoms with van der Waals surface area (Å²) < 4.78 is 0. The van der Waals surface area contributed by atoms with E-state index in [4.69, 9.17) is 10.2 Å². The standard InChI is InChI=1S/C9H8O4/c10-7-2-3-8(11)6(5-7)1-4-9(12)13/h1-5,10-11H,(H,12,13). The van der Waals surface area contributed by atoms with Crippen LogP contribution in [0.25, 0.3) is 6.08 Å². The van der Waals surface area contributed by atoms with Gasteiger partial charge in [0.05, 0.1) is 0 Å². The molecule has 0 bridgehead atoms. The first kappa shape index (κ1) is 9.12. The van der Waals surface area contributed by atoms with E-state index in [1.54, 1.807) is 0 Å². The van der Waals surface area contributed by atoms with Gasteiger partial charge in [0, 0.05) is 11.6 Å². The van der Waals surface area contributed by atoms with E-state index >= 15 is 0 Å². The van der Waals surface area contributed by atoms with Crippen LogP contribution in [0, 0.1) is 0 Å². The summed E-state index contributed by atoms with van der Waals surface area (Å²) >= 11 is 0. The summed E-state index contributed by atoms with van der Waals surface area (Å²) in [6, 6.07) is 3.87. The summed E-state index contributed by atoms with van der Waals surface area (Å²) in [5, 5.41) is 26.5. The Bertz CT molecular complexity index is 355. The van der Waals surface area contributed by atoms with Crippen LogP contribution in [-0.4, -0.2) is 21.3 Å². The first-order valence-corrected chi connectivity index (χ1v) is 3.52. The SMILES string of the molecule is O=C(O)C=Cc1cc(O)ccc1O. The van der Waals surface area contributed by atoms with Crippen molar-refractivity contribution in [2.24, 2.45) is 0 Å². The molecule has 0 saturated heterocycles. The fourth-order valence-electron chi connectivity index (χ4n) is 0.836. The lowest BCUT2D eigenvalue weighted by Crippen LogP contribution is -1.85. The zero-order chi connectivity index (χ0) is 9.84. The van der Waals surface area contributed by atoms with E-state index in [9.17, 15) is 9.90 Å². The molecule has 0 aliphatic carbocycles. The minimum atomic E-state index is -1.11. The van der Waals surface area contributed by atoms with Crippen molar-refractivity contribution in [1.29, 1.82) is 0 Å². The lowest BCUT2D eigenvalue weighted by molar-refractivity contribution is -0.131. The number of hydrogen-bond donors (Lipinski definition) is 3. The fraction of sp³-hybridized carbons (Fsp3) is 0. The van der Waals surface area contributed by atoms with Crippen LogP contribution in [0.5, 0.6) is 11.5 Å². The highest BCUT2D eigenvalue weighted by molar-refractivity contribution is 5.85. The topological polar surface area (TPSA) is 77.8 Å².